The number of nitro groups is 1. The average Bonchev–Trinajstić information content (AvgIpc) is 3.34. The van der Waals surface area contributed by atoms with Crippen LogP contribution >= 0.6 is 0 Å². The number of imide groups is 1. The first-order valence-electron chi connectivity index (χ1n) is 12.2. The van der Waals surface area contributed by atoms with Crippen molar-refractivity contribution in [3.05, 3.63) is 64.2 Å². The summed E-state index contributed by atoms with van der Waals surface area (Å²) in [5.74, 6) is -4.92. The van der Waals surface area contributed by atoms with Crippen molar-refractivity contribution in [2.75, 3.05) is 4.90 Å². The fraction of sp³-hybridized carbons (Fsp3) is 0.423. The number of hydrogen-bond donors (Lipinski definition) is 3. The maximum Gasteiger partial charge on any atom is 0.324 e. The number of carboxylic acid groups (broad SMARTS) is 1. The summed E-state index contributed by atoms with van der Waals surface area (Å²) in [5.41, 5.74) is -1.64. The third kappa shape index (κ3) is 3.72. The third-order valence-electron chi connectivity index (χ3n) is 7.94. The lowest BCUT2D eigenvalue weighted by Gasteiger charge is -2.35. The topological polar surface area (TPSA) is 150 Å². The van der Waals surface area contributed by atoms with E-state index in [1.165, 1.54) is 24.3 Å². The smallest absolute Gasteiger partial charge is 0.324 e. The number of aliphatic carboxylic acids is 1. The van der Waals surface area contributed by atoms with Crippen LogP contribution in [0.15, 0.2) is 48.5 Å². The number of nitro benzene ring substituents is 1. The first-order valence-corrected chi connectivity index (χ1v) is 12.2. The lowest BCUT2D eigenvalue weighted by Crippen LogP contribution is -2.57. The Morgan fingerprint density at radius 2 is 1.81 bits per heavy atom. The predicted molar refractivity (Wildman–Crippen MR) is 128 cm³/mol. The van der Waals surface area contributed by atoms with Gasteiger partial charge in [-0.05, 0) is 24.5 Å². The van der Waals surface area contributed by atoms with Crippen molar-refractivity contribution in [1.82, 2.24) is 5.32 Å². The van der Waals surface area contributed by atoms with E-state index in [2.05, 4.69) is 5.32 Å². The van der Waals surface area contributed by atoms with Gasteiger partial charge in [-0.25, -0.2) is 4.90 Å². The largest absolute Gasteiger partial charge is 0.508 e. The molecular formula is C26H27N3O7. The molecule has 3 N–H and O–H groups in total. The number of phenols is 1. The second kappa shape index (κ2) is 9.02. The molecule has 1 saturated carbocycles. The van der Waals surface area contributed by atoms with Crippen LogP contribution in [0.5, 0.6) is 5.75 Å². The Morgan fingerprint density at radius 3 is 2.47 bits per heavy atom. The molecule has 10 heteroatoms. The van der Waals surface area contributed by atoms with E-state index in [1.54, 1.807) is 18.2 Å². The zero-order valence-corrected chi connectivity index (χ0v) is 19.5. The molecule has 2 aliphatic heterocycles. The number of para-hydroxylation sites is 1. The highest BCUT2D eigenvalue weighted by Crippen LogP contribution is 2.53. The predicted octanol–water partition coefficient (Wildman–Crippen LogP) is 3.54. The van der Waals surface area contributed by atoms with Gasteiger partial charge >= 0.3 is 5.97 Å². The highest BCUT2D eigenvalue weighted by molar-refractivity contribution is 6.24. The third-order valence-corrected chi connectivity index (χ3v) is 7.94. The van der Waals surface area contributed by atoms with Crippen LogP contribution in [0.3, 0.4) is 0 Å². The monoisotopic (exact) mass is 493 g/mol. The van der Waals surface area contributed by atoms with Crippen LogP contribution in [0.4, 0.5) is 11.4 Å². The zero-order chi connectivity index (χ0) is 25.6. The SMILES string of the molecule is O=C1C2C(c3ccccc3O)NC(CC3CCCCC3)(C(=O)O)C2C(=O)N1c1cccc([N+](=O)[O-])c1. The van der Waals surface area contributed by atoms with Gasteiger partial charge in [-0.3, -0.25) is 29.8 Å². The molecule has 2 aromatic rings. The van der Waals surface area contributed by atoms with Gasteiger partial charge in [0.15, 0.2) is 0 Å². The lowest BCUT2D eigenvalue weighted by atomic mass is 9.72. The van der Waals surface area contributed by atoms with Crippen LogP contribution in [0.25, 0.3) is 0 Å². The van der Waals surface area contributed by atoms with Gasteiger partial charge in [0.05, 0.1) is 22.4 Å². The number of rotatable bonds is 6. The summed E-state index contributed by atoms with van der Waals surface area (Å²) in [7, 11) is 0. The van der Waals surface area contributed by atoms with Crippen molar-refractivity contribution < 1.29 is 29.5 Å². The molecule has 0 aromatic heterocycles. The van der Waals surface area contributed by atoms with Gasteiger partial charge in [0.1, 0.15) is 11.3 Å². The number of hydrogen-bond acceptors (Lipinski definition) is 7. The number of anilines is 1. The molecule has 3 fully saturated rings. The van der Waals surface area contributed by atoms with E-state index in [0.29, 0.717) is 5.56 Å². The second-order valence-electron chi connectivity index (χ2n) is 9.96. The van der Waals surface area contributed by atoms with Crippen LogP contribution in [0, 0.1) is 27.9 Å². The second-order valence-corrected chi connectivity index (χ2v) is 9.96. The van der Waals surface area contributed by atoms with E-state index in [9.17, 15) is 34.7 Å². The van der Waals surface area contributed by atoms with Crippen molar-refractivity contribution in [1.29, 1.82) is 0 Å². The van der Waals surface area contributed by atoms with E-state index in [0.717, 1.165) is 43.1 Å². The molecule has 1 aliphatic carbocycles. The molecule has 2 aromatic carbocycles. The summed E-state index contributed by atoms with van der Waals surface area (Å²) < 4.78 is 0. The van der Waals surface area contributed by atoms with Gasteiger partial charge in [0, 0.05) is 23.7 Å². The molecule has 10 nitrogen and oxygen atoms in total. The van der Waals surface area contributed by atoms with Crippen molar-refractivity contribution in [3.8, 4) is 5.75 Å². The number of phenolic OH excluding ortho intramolecular Hbond substituents is 1. The molecule has 2 heterocycles. The normalized spacial score (nSPS) is 28.3. The maximum atomic E-state index is 13.9. The number of carboxylic acids is 1. The first-order chi connectivity index (χ1) is 17.2. The van der Waals surface area contributed by atoms with Crippen molar-refractivity contribution in [3.63, 3.8) is 0 Å². The Labute approximate surface area is 207 Å². The van der Waals surface area contributed by atoms with E-state index >= 15 is 0 Å². The van der Waals surface area contributed by atoms with Crippen molar-refractivity contribution in [2.45, 2.75) is 50.1 Å². The standard InChI is InChI=1S/C26H27N3O7/c30-19-12-5-4-11-18(19)22-20-21(26(27-22,25(33)34)14-15-7-2-1-3-8-15)24(32)28(23(20)31)16-9-6-10-17(13-16)29(35)36/h4-6,9-13,15,20-22,27,30H,1-3,7-8,14H2,(H,33,34). The minimum Gasteiger partial charge on any atom is -0.508 e. The Balaban J connectivity index is 1.63. The lowest BCUT2D eigenvalue weighted by molar-refractivity contribution is -0.384. The van der Waals surface area contributed by atoms with Gasteiger partial charge < -0.3 is 10.2 Å². The van der Waals surface area contributed by atoms with E-state index in [1.807, 2.05) is 0 Å². The fourth-order valence-corrected chi connectivity index (χ4v) is 6.34. The van der Waals surface area contributed by atoms with Crippen LogP contribution in [0.1, 0.15) is 50.1 Å². The Bertz CT molecular complexity index is 1240. The molecule has 188 valence electrons. The molecule has 3 aliphatic rings. The highest BCUT2D eigenvalue weighted by Gasteiger charge is 2.69. The van der Waals surface area contributed by atoms with Gasteiger partial charge in [-0.1, -0.05) is 56.4 Å². The van der Waals surface area contributed by atoms with E-state index < -0.39 is 46.1 Å². The van der Waals surface area contributed by atoms with E-state index in [-0.39, 0.29) is 29.5 Å². The molecule has 2 amide bonds. The number of carbonyl (C=O) groups is 3. The number of benzene rings is 2. The molecule has 0 spiro atoms. The van der Waals surface area contributed by atoms with Crippen LogP contribution < -0.4 is 10.2 Å². The molecule has 5 rings (SSSR count). The van der Waals surface area contributed by atoms with Crippen LogP contribution in [-0.2, 0) is 14.4 Å². The fourth-order valence-electron chi connectivity index (χ4n) is 6.34. The molecule has 4 unspecified atom stereocenters. The summed E-state index contributed by atoms with van der Waals surface area (Å²) in [6, 6.07) is 10.6. The molecular weight excluding hydrogens is 466 g/mol. The number of nitrogens with zero attached hydrogens (tertiary/aromatic N) is 2. The summed E-state index contributed by atoms with van der Waals surface area (Å²) >= 11 is 0. The Kier molecular flexibility index (Phi) is 5.99. The number of non-ortho nitro benzene ring substituents is 1. The Hall–Kier alpha value is -3.79. The Morgan fingerprint density at radius 1 is 1.08 bits per heavy atom. The summed E-state index contributed by atoms with van der Waals surface area (Å²) in [5, 5.41) is 35.6. The van der Waals surface area contributed by atoms with Gasteiger partial charge in [-0.2, -0.15) is 0 Å². The summed E-state index contributed by atoms with van der Waals surface area (Å²) in [4.78, 5) is 52.2. The number of aromatic hydroxyl groups is 1. The van der Waals surface area contributed by atoms with Gasteiger partial charge in [0.2, 0.25) is 11.8 Å². The first kappa shape index (κ1) is 23.9. The van der Waals surface area contributed by atoms with Crippen LogP contribution in [-0.4, -0.2) is 38.5 Å². The molecule has 2 saturated heterocycles. The van der Waals surface area contributed by atoms with Crippen molar-refractivity contribution >= 4 is 29.2 Å². The summed E-state index contributed by atoms with van der Waals surface area (Å²) in [6.07, 6.45) is 4.89. The minimum atomic E-state index is -1.72. The number of amides is 2. The average molecular weight is 494 g/mol. The van der Waals surface area contributed by atoms with Gasteiger partial charge in [0.25, 0.3) is 5.69 Å². The van der Waals surface area contributed by atoms with Crippen molar-refractivity contribution in [2.24, 2.45) is 17.8 Å². The quantitative estimate of drug-likeness (QED) is 0.314. The van der Waals surface area contributed by atoms with E-state index in [4.69, 9.17) is 0 Å². The molecule has 4 atom stereocenters. The minimum absolute atomic E-state index is 0.0292. The van der Waals surface area contributed by atoms with Gasteiger partial charge in [-0.15, -0.1) is 0 Å². The van der Waals surface area contributed by atoms with Crippen LogP contribution in [0.2, 0.25) is 0 Å². The maximum absolute atomic E-state index is 13.9. The molecule has 0 radical (unpaired) electrons. The number of carbonyl (C=O) groups excluding carboxylic acids is 2. The number of fused-ring (bicyclic) bond motifs is 1. The number of nitrogens with one attached hydrogen (secondary N) is 1. The molecule has 0 bridgehead atoms. The highest BCUT2D eigenvalue weighted by atomic mass is 16.6. The zero-order valence-electron chi connectivity index (χ0n) is 19.5. The molecule has 36 heavy (non-hydrogen) atoms. The summed E-state index contributed by atoms with van der Waals surface area (Å²) in [6.45, 7) is 0.